The monoisotopic (exact) mass is 270 g/mol. The molecule has 19 heavy (non-hydrogen) atoms. The van der Waals surface area contributed by atoms with Gasteiger partial charge in [-0.05, 0) is 32.1 Å². The van der Waals surface area contributed by atoms with Gasteiger partial charge in [0.2, 0.25) is 0 Å². The van der Waals surface area contributed by atoms with Crippen LogP contribution in [0.15, 0.2) is 0 Å². The van der Waals surface area contributed by atoms with Gasteiger partial charge in [0.15, 0.2) is 11.9 Å². The van der Waals surface area contributed by atoms with E-state index in [2.05, 4.69) is 5.32 Å². The molecular formula is C13H22N2O4. The SMILES string of the molecule is NC(=O)NCCCCCC(=O)O[C@@H]1CCCCC1=O. The van der Waals surface area contributed by atoms with Crippen LogP contribution >= 0.6 is 0 Å². The first-order valence-corrected chi connectivity index (χ1v) is 6.85. The number of primary amides is 1. The van der Waals surface area contributed by atoms with Crippen LogP contribution in [0.4, 0.5) is 4.79 Å². The highest BCUT2D eigenvalue weighted by Crippen LogP contribution is 2.18. The second-order valence-electron chi connectivity index (χ2n) is 4.79. The van der Waals surface area contributed by atoms with E-state index in [-0.39, 0.29) is 11.8 Å². The molecule has 6 nitrogen and oxygen atoms in total. The van der Waals surface area contributed by atoms with E-state index in [1.807, 2.05) is 0 Å². The third-order valence-electron chi connectivity index (χ3n) is 3.13. The van der Waals surface area contributed by atoms with Gasteiger partial charge in [0.1, 0.15) is 0 Å². The molecule has 0 aromatic rings. The number of hydrogen-bond acceptors (Lipinski definition) is 4. The maximum Gasteiger partial charge on any atom is 0.312 e. The Morgan fingerprint density at radius 2 is 2.05 bits per heavy atom. The van der Waals surface area contributed by atoms with Gasteiger partial charge in [0, 0.05) is 19.4 Å². The minimum absolute atomic E-state index is 0.0465. The molecule has 1 aliphatic carbocycles. The van der Waals surface area contributed by atoms with Crippen LogP contribution in [-0.2, 0) is 14.3 Å². The van der Waals surface area contributed by atoms with E-state index in [0.717, 1.165) is 25.7 Å². The highest BCUT2D eigenvalue weighted by atomic mass is 16.5. The minimum atomic E-state index is -0.532. The normalized spacial score (nSPS) is 18.9. The Hall–Kier alpha value is -1.59. The van der Waals surface area contributed by atoms with Gasteiger partial charge in [-0.2, -0.15) is 0 Å². The Labute approximate surface area is 113 Å². The van der Waals surface area contributed by atoms with E-state index in [1.165, 1.54) is 0 Å². The molecule has 1 aliphatic rings. The quantitative estimate of drug-likeness (QED) is 0.537. The first-order chi connectivity index (χ1) is 9.09. The van der Waals surface area contributed by atoms with Gasteiger partial charge in [0.05, 0.1) is 0 Å². The maximum atomic E-state index is 11.5. The summed E-state index contributed by atoms with van der Waals surface area (Å²) < 4.78 is 5.17. The fourth-order valence-corrected chi connectivity index (χ4v) is 2.08. The minimum Gasteiger partial charge on any atom is -0.454 e. The second-order valence-corrected chi connectivity index (χ2v) is 4.79. The number of unbranched alkanes of at least 4 members (excludes halogenated alkanes) is 2. The van der Waals surface area contributed by atoms with Crippen molar-refractivity contribution in [2.75, 3.05) is 6.54 Å². The molecule has 0 saturated heterocycles. The molecule has 3 N–H and O–H groups in total. The Morgan fingerprint density at radius 1 is 1.26 bits per heavy atom. The summed E-state index contributed by atoms with van der Waals surface area (Å²) in [5.74, 6) is -0.256. The lowest BCUT2D eigenvalue weighted by Gasteiger charge is -2.20. The van der Waals surface area contributed by atoms with Crippen molar-refractivity contribution in [3.05, 3.63) is 0 Å². The van der Waals surface area contributed by atoms with E-state index in [0.29, 0.717) is 32.2 Å². The predicted octanol–water partition coefficient (Wildman–Crippen LogP) is 1.27. The molecule has 1 saturated carbocycles. The number of carbonyl (C=O) groups is 3. The van der Waals surface area contributed by atoms with Crippen LogP contribution in [0.5, 0.6) is 0 Å². The molecule has 0 radical (unpaired) electrons. The Morgan fingerprint density at radius 3 is 2.74 bits per heavy atom. The molecule has 1 atom stereocenters. The average molecular weight is 270 g/mol. The van der Waals surface area contributed by atoms with Crippen LogP contribution in [0.3, 0.4) is 0 Å². The summed E-state index contributed by atoms with van der Waals surface area (Å²) in [6.07, 6.45) is 5.12. The molecule has 0 aliphatic heterocycles. The number of rotatable bonds is 7. The van der Waals surface area contributed by atoms with Crippen molar-refractivity contribution in [2.45, 2.75) is 57.5 Å². The first kappa shape index (κ1) is 15.5. The molecule has 0 unspecified atom stereocenters. The summed E-state index contributed by atoms with van der Waals surface area (Å²) in [6, 6.07) is -0.532. The largest absolute Gasteiger partial charge is 0.454 e. The molecule has 108 valence electrons. The van der Waals surface area contributed by atoms with E-state index < -0.39 is 12.1 Å². The molecular weight excluding hydrogens is 248 g/mol. The number of hydrogen-bond donors (Lipinski definition) is 2. The summed E-state index contributed by atoms with van der Waals surface area (Å²) >= 11 is 0. The van der Waals surface area contributed by atoms with Gasteiger partial charge in [-0.15, -0.1) is 0 Å². The topological polar surface area (TPSA) is 98.5 Å². The van der Waals surface area contributed by atoms with Crippen molar-refractivity contribution in [3.8, 4) is 0 Å². The van der Waals surface area contributed by atoms with Gasteiger partial charge < -0.3 is 15.8 Å². The smallest absolute Gasteiger partial charge is 0.312 e. The number of nitrogens with one attached hydrogen (secondary N) is 1. The van der Waals surface area contributed by atoms with Crippen molar-refractivity contribution in [1.82, 2.24) is 5.32 Å². The summed E-state index contributed by atoms with van der Waals surface area (Å²) in [7, 11) is 0. The maximum absolute atomic E-state index is 11.5. The Bertz CT molecular complexity index is 331. The van der Waals surface area contributed by atoms with Crippen LogP contribution in [0.25, 0.3) is 0 Å². The molecule has 2 amide bonds. The first-order valence-electron chi connectivity index (χ1n) is 6.85. The lowest BCUT2D eigenvalue weighted by atomic mass is 9.96. The molecule has 0 aromatic heterocycles. The van der Waals surface area contributed by atoms with E-state index in [9.17, 15) is 14.4 Å². The number of ketones is 1. The van der Waals surface area contributed by atoms with Crippen LogP contribution in [0.2, 0.25) is 0 Å². The average Bonchev–Trinajstić information content (AvgIpc) is 2.36. The number of amides is 2. The van der Waals surface area contributed by atoms with Crippen molar-refractivity contribution in [2.24, 2.45) is 5.73 Å². The number of urea groups is 1. The molecule has 0 heterocycles. The zero-order chi connectivity index (χ0) is 14.1. The summed E-state index contributed by atoms with van der Waals surface area (Å²) in [6.45, 7) is 0.519. The molecule has 0 spiro atoms. The number of Topliss-reactive ketones (excluding diaryl/α,β-unsaturated/α-hetero) is 1. The molecule has 0 bridgehead atoms. The summed E-state index contributed by atoms with van der Waals surface area (Å²) in [4.78, 5) is 33.4. The number of esters is 1. The summed E-state index contributed by atoms with van der Waals surface area (Å²) in [5.41, 5.74) is 4.92. The fraction of sp³-hybridized carbons (Fsp3) is 0.769. The van der Waals surface area contributed by atoms with Crippen molar-refractivity contribution < 1.29 is 19.1 Å². The van der Waals surface area contributed by atoms with Gasteiger partial charge in [-0.1, -0.05) is 6.42 Å². The Kier molecular flexibility index (Phi) is 6.92. The van der Waals surface area contributed by atoms with Gasteiger partial charge in [0.25, 0.3) is 0 Å². The number of nitrogens with two attached hydrogens (primary N) is 1. The van der Waals surface area contributed by atoms with Crippen LogP contribution < -0.4 is 11.1 Å². The molecule has 0 aromatic carbocycles. The van der Waals surface area contributed by atoms with E-state index in [1.54, 1.807) is 0 Å². The standard InChI is InChI=1S/C13H22N2O4/c14-13(18)15-9-5-1-2-8-12(17)19-11-7-4-3-6-10(11)16/h11H,1-9H2,(H3,14,15,18)/t11-/m1/s1. The lowest BCUT2D eigenvalue weighted by molar-refractivity contribution is -0.156. The van der Waals surface area contributed by atoms with E-state index in [4.69, 9.17) is 10.5 Å². The highest BCUT2D eigenvalue weighted by Gasteiger charge is 2.25. The lowest BCUT2D eigenvalue weighted by Crippen LogP contribution is -2.30. The van der Waals surface area contributed by atoms with Gasteiger partial charge in [-0.3, -0.25) is 9.59 Å². The number of ether oxygens (including phenoxy) is 1. The third-order valence-corrected chi connectivity index (χ3v) is 3.13. The fourth-order valence-electron chi connectivity index (χ4n) is 2.08. The molecule has 1 rings (SSSR count). The van der Waals surface area contributed by atoms with Crippen LogP contribution in [-0.4, -0.2) is 30.4 Å². The van der Waals surface area contributed by atoms with Crippen LogP contribution in [0, 0.1) is 0 Å². The van der Waals surface area contributed by atoms with Crippen molar-refractivity contribution in [1.29, 1.82) is 0 Å². The third kappa shape index (κ3) is 6.79. The van der Waals surface area contributed by atoms with E-state index >= 15 is 0 Å². The molecule has 6 heteroatoms. The predicted molar refractivity (Wildman–Crippen MR) is 69.4 cm³/mol. The number of carbonyl (C=O) groups excluding carboxylic acids is 3. The van der Waals surface area contributed by atoms with Crippen molar-refractivity contribution >= 4 is 17.8 Å². The highest BCUT2D eigenvalue weighted by molar-refractivity contribution is 5.86. The van der Waals surface area contributed by atoms with Gasteiger partial charge in [-0.25, -0.2) is 4.79 Å². The van der Waals surface area contributed by atoms with Crippen LogP contribution in [0.1, 0.15) is 51.4 Å². The Balaban J connectivity index is 2.04. The van der Waals surface area contributed by atoms with Gasteiger partial charge >= 0.3 is 12.0 Å². The zero-order valence-electron chi connectivity index (χ0n) is 11.2. The molecule has 1 fully saturated rings. The second kappa shape index (κ2) is 8.50. The summed E-state index contributed by atoms with van der Waals surface area (Å²) in [5, 5.41) is 2.48. The zero-order valence-corrected chi connectivity index (χ0v) is 11.2. The van der Waals surface area contributed by atoms with Crippen molar-refractivity contribution in [3.63, 3.8) is 0 Å².